The van der Waals surface area contributed by atoms with Crippen molar-refractivity contribution in [2.24, 2.45) is 0 Å². The first-order valence-electron chi connectivity index (χ1n) is 8.26. The standard InChI is InChI=1S/C20H13BrF6O3/c1-28-11-3-5-15(21)10(7-11)8-14(19(22,23)24)17-13-9-12(29-2)4-6-16(13)30-18(17)20(25,26)27/h3-9H,1-2H3. The lowest BCUT2D eigenvalue weighted by Gasteiger charge is -2.15. The van der Waals surface area contributed by atoms with Crippen LogP contribution in [0.25, 0.3) is 22.6 Å². The van der Waals surface area contributed by atoms with Gasteiger partial charge < -0.3 is 13.9 Å². The summed E-state index contributed by atoms with van der Waals surface area (Å²) in [6.07, 6.45) is -9.66. The molecule has 30 heavy (non-hydrogen) atoms. The summed E-state index contributed by atoms with van der Waals surface area (Å²) in [5.74, 6) is -1.42. The van der Waals surface area contributed by atoms with E-state index in [0.29, 0.717) is 6.08 Å². The smallest absolute Gasteiger partial charge is 0.450 e. The molecule has 1 aromatic heterocycles. The molecule has 0 aliphatic carbocycles. The number of alkyl halides is 6. The molecule has 0 radical (unpaired) electrons. The van der Waals surface area contributed by atoms with Gasteiger partial charge >= 0.3 is 12.4 Å². The molecule has 3 nitrogen and oxygen atoms in total. The topological polar surface area (TPSA) is 31.6 Å². The number of halogens is 7. The summed E-state index contributed by atoms with van der Waals surface area (Å²) in [7, 11) is 2.57. The second-order valence-corrected chi connectivity index (χ2v) is 6.96. The predicted octanol–water partition coefficient (Wildman–Crippen LogP) is 7.33. The molecule has 10 heteroatoms. The molecule has 3 rings (SSSR count). The van der Waals surface area contributed by atoms with Gasteiger partial charge in [-0.25, -0.2) is 0 Å². The van der Waals surface area contributed by atoms with Crippen LogP contribution >= 0.6 is 15.9 Å². The second kappa shape index (κ2) is 7.90. The summed E-state index contributed by atoms with van der Waals surface area (Å²) in [6, 6.07) is 7.69. The number of methoxy groups -OCH3 is 2. The van der Waals surface area contributed by atoms with Gasteiger partial charge in [0.15, 0.2) is 0 Å². The normalized spacial score (nSPS) is 13.0. The molecule has 0 saturated heterocycles. The summed E-state index contributed by atoms with van der Waals surface area (Å²) in [6.45, 7) is 0. The Kier molecular flexibility index (Phi) is 5.81. The Morgan fingerprint density at radius 1 is 0.933 bits per heavy atom. The molecule has 0 aliphatic rings. The molecule has 2 aromatic carbocycles. The maximum Gasteiger partial charge on any atom is 0.450 e. The Hall–Kier alpha value is -2.62. The van der Waals surface area contributed by atoms with Crippen LogP contribution in [0.5, 0.6) is 11.5 Å². The maximum atomic E-state index is 14.0. The van der Waals surface area contributed by atoms with Crippen LogP contribution in [0.15, 0.2) is 45.3 Å². The fourth-order valence-electron chi connectivity index (χ4n) is 2.88. The number of benzene rings is 2. The number of hydrogen-bond acceptors (Lipinski definition) is 3. The van der Waals surface area contributed by atoms with E-state index < -0.39 is 29.2 Å². The van der Waals surface area contributed by atoms with Gasteiger partial charge in [0, 0.05) is 15.4 Å². The molecule has 0 bridgehead atoms. The lowest BCUT2D eigenvalue weighted by Crippen LogP contribution is -2.15. The van der Waals surface area contributed by atoms with E-state index in [-0.39, 0.29) is 32.5 Å². The molecule has 0 N–H and O–H groups in total. The SMILES string of the molecule is COc1ccc(Br)c(C=C(c2c(C(F)(F)F)oc3ccc(OC)cc23)C(F)(F)F)c1. The third kappa shape index (κ3) is 4.28. The van der Waals surface area contributed by atoms with Crippen molar-refractivity contribution < 1.29 is 40.2 Å². The van der Waals surface area contributed by atoms with Gasteiger partial charge in [-0.3, -0.25) is 0 Å². The maximum absolute atomic E-state index is 14.0. The van der Waals surface area contributed by atoms with Crippen molar-refractivity contribution in [3.05, 3.63) is 57.8 Å². The largest absolute Gasteiger partial charge is 0.497 e. The van der Waals surface area contributed by atoms with Crippen molar-refractivity contribution in [1.82, 2.24) is 0 Å². The molecule has 3 aromatic rings. The fourth-order valence-corrected chi connectivity index (χ4v) is 3.24. The number of rotatable bonds is 4. The van der Waals surface area contributed by atoms with Crippen molar-refractivity contribution in [2.75, 3.05) is 14.2 Å². The van der Waals surface area contributed by atoms with E-state index in [1.54, 1.807) is 0 Å². The predicted molar refractivity (Wildman–Crippen MR) is 102 cm³/mol. The molecule has 0 fully saturated rings. The van der Waals surface area contributed by atoms with Gasteiger partial charge in [-0.1, -0.05) is 15.9 Å². The molecule has 0 amide bonds. The van der Waals surface area contributed by atoms with Gasteiger partial charge in [0.25, 0.3) is 0 Å². The first-order chi connectivity index (χ1) is 14.0. The van der Waals surface area contributed by atoms with Crippen LogP contribution in [0, 0.1) is 0 Å². The van der Waals surface area contributed by atoms with Gasteiger partial charge in [0.1, 0.15) is 17.1 Å². The van der Waals surface area contributed by atoms with E-state index in [9.17, 15) is 26.3 Å². The van der Waals surface area contributed by atoms with Crippen LogP contribution < -0.4 is 9.47 Å². The zero-order chi connectivity index (χ0) is 22.3. The molecular formula is C20H13BrF6O3. The van der Waals surface area contributed by atoms with Crippen LogP contribution in [0.1, 0.15) is 16.9 Å². The highest BCUT2D eigenvalue weighted by Gasteiger charge is 2.46. The van der Waals surface area contributed by atoms with Crippen molar-refractivity contribution in [2.45, 2.75) is 12.4 Å². The Labute approximate surface area is 175 Å². The second-order valence-electron chi connectivity index (χ2n) is 6.11. The van der Waals surface area contributed by atoms with Crippen molar-refractivity contribution >= 4 is 38.5 Å². The molecule has 160 valence electrons. The third-order valence-electron chi connectivity index (χ3n) is 4.23. The van der Waals surface area contributed by atoms with E-state index in [1.165, 1.54) is 38.5 Å². The van der Waals surface area contributed by atoms with E-state index in [0.717, 1.165) is 12.1 Å². The van der Waals surface area contributed by atoms with Crippen molar-refractivity contribution in [1.29, 1.82) is 0 Å². The van der Waals surface area contributed by atoms with E-state index in [1.807, 2.05) is 0 Å². The first-order valence-corrected chi connectivity index (χ1v) is 9.05. The highest BCUT2D eigenvalue weighted by molar-refractivity contribution is 9.10. The average molecular weight is 495 g/mol. The third-order valence-corrected chi connectivity index (χ3v) is 4.95. The number of hydrogen-bond donors (Lipinski definition) is 0. The molecule has 0 saturated carbocycles. The highest BCUT2D eigenvalue weighted by atomic mass is 79.9. The Morgan fingerprint density at radius 3 is 2.10 bits per heavy atom. The molecule has 0 atom stereocenters. The van der Waals surface area contributed by atoms with Gasteiger partial charge in [0.2, 0.25) is 5.76 Å². The van der Waals surface area contributed by atoms with Crippen molar-refractivity contribution in [3.63, 3.8) is 0 Å². The lowest BCUT2D eigenvalue weighted by atomic mass is 9.98. The zero-order valence-corrected chi connectivity index (χ0v) is 17.0. The van der Waals surface area contributed by atoms with Gasteiger partial charge in [-0.05, 0) is 48.0 Å². The summed E-state index contributed by atoms with van der Waals surface area (Å²) in [5.41, 5.74) is -3.00. The lowest BCUT2D eigenvalue weighted by molar-refractivity contribution is -0.152. The molecule has 0 spiro atoms. The van der Waals surface area contributed by atoms with Gasteiger partial charge in [-0.2, -0.15) is 26.3 Å². The summed E-state index contributed by atoms with van der Waals surface area (Å²) >= 11 is 3.12. The van der Waals surface area contributed by atoms with Crippen molar-refractivity contribution in [3.8, 4) is 11.5 Å². The van der Waals surface area contributed by atoms with Crippen LogP contribution in [-0.2, 0) is 6.18 Å². The van der Waals surface area contributed by atoms with Crippen LogP contribution in [-0.4, -0.2) is 20.4 Å². The Morgan fingerprint density at radius 2 is 1.53 bits per heavy atom. The molecule has 1 heterocycles. The zero-order valence-electron chi connectivity index (χ0n) is 15.4. The average Bonchev–Trinajstić information content (AvgIpc) is 3.05. The summed E-state index contributed by atoms with van der Waals surface area (Å²) < 4.78 is 97.8. The van der Waals surface area contributed by atoms with E-state index in [4.69, 9.17) is 13.9 Å². The minimum atomic E-state index is -5.16. The molecule has 0 unspecified atom stereocenters. The Balaban J connectivity index is 2.40. The van der Waals surface area contributed by atoms with E-state index >= 15 is 0 Å². The number of ether oxygens (including phenoxy) is 2. The summed E-state index contributed by atoms with van der Waals surface area (Å²) in [4.78, 5) is 0. The van der Waals surface area contributed by atoms with Gasteiger partial charge in [-0.15, -0.1) is 0 Å². The Bertz CT molecular complexity index is 1110. The number of allylic oxidation sites excluding steroid dienone is 1. The number of furan rings is 1. The summed E-state index contributed by atoms with van der Waals surface area (Å²) in [5, 5.41) is -0.371. The van der Waals surface area contributed by atoms with Gasteiger partial charge in [0.05, 0.1) is 19.8 Å². The van der Waals surface area contributed by atoms with Crippen LogP contribution in [0.4, 0.5) is 26.3 Å². The first kappa shape index (κ1) is 22.1. The fraction of sp³-hybridized carbons (Fsp3) is 0.200. The van der Waals surface area contributed by atoms with Crippen LogP contribution in [0.3, 0.4) is 0 Å². The minimum absolute atomic E-state index is 0.0213. The number of fused-ring (bicyclic) bond motifs is 1. The monoisotopic (exact) mass is 494 g/mol. The molecular weight excluding hydrogens is 482 g/mol. The van der Waals surface area contributed by atoms with Crippen LogP contribution in [0.2, 0.25) is 0 Å². The minimum Gasteiger partial charge on any atom is -0.497 e. The molecule has 0 aliphatic heterocycles. The van der Waals surface area contributed by atoms with E-state index in [2.05, 4.69) is 15.9 Å². The highest BCUT2D eigenvalue weighted by Crippen LogP contribution is 2.47. The quantitative estimate of drug-likeness (QED) is 0.355.